The minimum absolute atomic E-state index is 0.0328. The fourth-order valence-corrected chi connectivity index (χ4v) is 2.22. The highest BCUT2D eigenvalue weighted by Gasteiger charge is 2.08. The Labute approximate surface area is 126 Å². The summed E-state index contributed by atoms with van der Waals surface area (Å²) >= 11 is 0. The SMILES string of the molecule is CC(=O)Cn1cncc(-c2ccc(-n3cccn3)cc2)c1=O. The molecule has 2 aromatic heterocycles. The zero-order valence-corrected chi connectivity index (χ0v) is 12.0. The molecule has 22 heavy (non-hydrogen) atoms. The molecule has 3 rings (SSSR count). The van der Waals surface area contributed by atoms with Crippen molar-refractivity contribution in [3.8, 4) is 16.8 Å². The average Bonchev–Trinajstić information content (AvgIpc) is 3.04. The smallest absolute Gasteiger partial charge is 0.261 e. The zero-order chi connectivity index (χ0) is 15.5. The number of Topliss-reactive ketones (excluding diaryl/α,β-unsaturated/α-hetero) is 1. The molecule has 0 unspecified atom stereocenters. The zero-order valence-electron chi connectivity index (χ0n) is 12.0. The molecule has 2 heterocycles. The van der Waals surface area contributed by atoms with Crippen molar-refractivity contribution in [2.24, 2.45) is 0 Å². The quantitative estimate of drug-likeness (QED) is 0.734. The summed E-state index contributed by atoms with van der Waals surface area (Å²) in [6.45, 7) is 1.48. The van der Waals surface area contributed by atoms with Gasteiger partial charge in [-0.3, -0.25) is 14.2 Å². The molecule has 0 atom stereocenters. The van der Waals surface area contributed by atoms with Gasteiger partial charge in [-0.15, -0.1) is 0 Å². The first-order valence-electron chi connectivity index (χ1n) is 6.79. The lowest BCUT2D eigenvalue weighted by molar-refractivity contribution is -0.117. The summed E-state index contributed by atoms with van der Waals surface area (Å²) in [5, 5.41) is 4.15. The molecule has 0 bridgehead atoms. The van der Waals surface area contributed by atoms with Crippen molar-refractivity contribution in [3.05, 3.63) is 65.6 Å². The Morgan fingerprint density at radius 3 is 2.64 bits per heavy atom. The van der Waals surface area contributed by atoms with Crippen LogP contribution in [0.3, 0.4) is 0 Å². The van der Waals surface area contributed by atoms with Crippen molar-refractivity contribution in [2.75, 3.05) is 0 Å². The normalized spacial score (nSPS) is 10.6. The van der Waals surface area contributed by atoms with Crippen molar-refractivity contribution >= 4 is 5.78 Å². The highest BCUT2D eigenvalue weighted by Crippen LogP contribution is 2.17. The number of benzene rings is 1. The lowest BCUT2D eigenvalue weighted by Crippen LogP contribution is -2.24. The summed E-state index contributed by atoms with van der Waals surface area (Å²) in [7, 11) is 0. The molecule has 0 N–H and O–H groups in total. The Morgan fingerprint density at radius 1 is 1.23 bits per heavy atom. The Kier molecular flexibility index (Phi) is 3.65. The molecule has 1 aromatic carbocycles. The van der Waals surface area contributed by atoms with E-state index in [4.69, 9.17) is 0 Å². The van der Waals surface area contributed by atoms with E-state index in [0.29, 0.717) is 5.56 Å². The van der Waals surface area contributed by atoms with E-state index in [2.05, 4.69) is 10.1 Å². The van der Waals surface area contributed by atoms with Gasteiger partial charge in [0.25, 0.3) is 5.56 Å². The molecule has 0 saturated heterocycles. The van der Waals surface area contributed by atoms with Crippen LogP contribution in [0.4, 0.5) is 0 Å². The monoisotopic (exact) mass is 294 g/mol. The van der Waals surface area contributed by atoms with Gasteiger partial charge < -0.3 is 0 Å². The number of carbonyl (C=O) groups is 1. The molecule has 110 valence electrons. The van der Waals surface area contributed by atoms with Crippen LogP contribution in [0.1, 0.15) is 6.92 Å². The van der Waals surface area contributed by atoms with E-state index in [0.717, 1.165) is 11.3 Å². The molecule has 6 nitrogen and oxygen atoms in total. The minimum atomic E-state index is -0.225. The van der Waals surface area contributed by atoms with Crippen LogP contribution in [0.15, 0.2) is 60.0 Å². The van der Waals surface area contributed by atoms with Crippen molar-refractivity contribution in [3.63, 3.8) is 0 Å². The van der Waals surface area contributed by atoms with E-state index in [1.54, 1.807) is 10.9 Å². The van der Waals surface area contributed by atoms with Gasteiger partial charge in [0.2, 0.25) is 0 Å². The third kappa shape index (κ3) is 2.71. The fourth-order valence-electron chi connectivity index (χ4n) is 2.22. The standard InChI is InChI=1S/C16H14N4O2/c1-12(21)10-19-11-17-9-15(16(19)22)13-3-5-14(6-4-13)20-8-2-7-18-20/h2-9,11H,10H2,1H3. The van der Waals surface area contributed by atoms with Gasteiger partial charge in [-0.05, 0) is 30.7 Å². The number of aromatic nitrogens is 4. The van der Waals surface area contributed by atoms with Crippen molar-refractivity contribution in [1.82, 2.24) is 19.3 Å². The highest BCUT2D eigenvalue weighted by atomic mass is 16.1. The van der Waals surface area contributed by atoms with Crippen LogP contribution in [0.2, 0.25) is 0 Å². The van der Waals surface area contributed by atoms with E-state index in [9.17, 15) is 9.59 Å². The second kappa shape index (κ2) is 5.77. The molecule has 3 aromatic rings. The van der Waals surface area contributed by atoms with Crippen molar-refractivity contribution in [1.29, 1.82) is 0 Å². The van der Waals surface area contributed by atoms with Gasteiger partial charge in [-0.2, -0.15) is 5.10 Å². The second-order valence-corrected chi connectivity index (χ2v) is 4.94. The topological polar surface area (TPSA) is 69.8 Å². The third-order valence-corrected chi connectivity index (χ3v) is 3.24. The van der Waals surface area contributed by atoms with Gasteiger partial charge in [0.15, 0.2) is 0 Å². The first kappa shape index (κ1) is 13.9. The number of rotatable bonds is 4. The summed E-state index contributed by atoms with van der Waals surface area (Å²) in [5.41, 5.74) is 1.90. The molecule has 6 heteroatoms. The van der Waals surface area contributed by atoms with Crippen LogP contribution in [0.5, 0.6) is 0 Å². The van der Waals surface area contributed by atoms with Crippen molar-refractivity contribution in [2.45, 2.75) is 13.5 Å². The predicted molar refractivity (Wildman–Crippen MR) is 81.7 cm³/mol. The predicted octanol–water partition coefficient (Wildman–Crippen LogP) is 1.68. The van der Waals surface area contributed by atoms with E-state index in [1.165, 1.54) is 24.0 Å². The van der Waals surface area contributed by atoms with Gasteiger partial charge >= 0.3 is 0 Å². The van der Waals surface area contributed by atoms with Crippen molar-refractivity contribution < 1.29 is 4.79 Å². The molecular formula is C16H14N4O2. The molecule has 0 aliphatic rings. The van der Waals surface area contributed by atoms with Crippen LogP contribution in [-0.4, -0.2) is 25.1 Å². The third-order valence-electron chi connectivity index (χ3n) is 3.24. The lowest BCUT2D eigenvalue weighted by atomic mass is 10.1. The van der Waals surface area contributed by atoms with Crippen LogP contribution < -0.4 is 5.56 Å². The molecule has 0 aliphatic carbocycles. The largest absolute Gasteiger partial charge is 0.298 e. The lowest BCUT2D eigenvalue weighted by Gasteiger charge is -2.07. The summed E-state index contributed by atoms with van der Waals surface area (Å²) < 4.78 is 3.06. The molecule has 0 amide bonds. The molecule has 0 spiro atoms. The molecular weight excluding hydrogens is 280 g/mol. The maximum absolute atomic E-state index is 12.4. The minimum Gasteiger partial charge on any atom is -0.298 e. The Hall–Kier alpha value is -3.02. The second-order valence-electron chi connectivity index (χ2n) is 4.94. The Bertz CT molecular complexity index is 849. The molecule has 0 aliphatic heterocycles. The van der Waals surface area contributed by atoms with Gasteiger partial charge in [-0.25, -0.2) is 9.67 Å². The Morgan fingerprint density at radius 2 is 2.00 bits per heavy atom. The van der Waals surface area contributed by atoms with Crippen LogP contribution >= 0.6 is 0 Å². The first-order valence-corrected chi connectivity index (χ1v) is 6.79. The maximum atomic E-state index is 12.4. The first-order chi connectivity index (χ1) is 10.6. The van der Waals surface area contributed by atoms with E-state index in [1.807, 2.05) is 36.5 Å². The molecule has 0 radical (unpaired) electrons. The van der Waals surface area contributed by atoms with Gasteiger partial charge in [0.05, 0.1) is 24.1 Å². The fraction of sp³-hybridized carbons (Fsp3) is 0.125. The van der Waals surface area contributed by atoms with Crippen LogP contribution in [0, 0.1) is 0 Å². The van der Waals surface area contributed by atoms with Crippen LogP contribution in [0.25, 0.3) is 16.8 Å². The van der Waals surface area contributed by atoms with Gasteiger partial charge in [-0.1, -0.05) is 12.1 Å². The van der Waals surface area contributed by atoms with Crippen LogP contribution in [-0.2, 0) is 11.3 Å². The molecule has 0 saturated carbocycles. The van der Waals surface area contributed by atoms with Gasteiger partial charge in [0.1, 0.15) is 5.78 Å². The number of hydrogen-bond acceptors (Lipinski definition) is 4. The number of carbonyl (C=O) groups excluding carboxylic acids is 1. The molecule has 0 fully saturated rings. The summed E-state index contributed by atoms with van der Waals surface area (Å²) in [5.74, 6) is -0.0879. The summed E-state index contributed by atoms with van der Waals surface area (Å²) in [6.07, 6.45) is 6.45. The number of hydrogen-bond donors (Lipinski definition) is 0. The van der Waals surface area contributed by atoms with E-state index < -0.39 is 0 Å². The van der Waals surface area contributed by atoms with E-state index in [-0.39, 0.29) is 17.9 Å². The van der Waals surface area contributed by atoms with E-state index >= 15 is 0 Å². The Balaban J connectivity index is 1.98. The van der Waals surface area contributed by atoms with Gasteiger partial charge in [0, 0.05) is 18.6 Å². The summed E-state index contributed by atoms with van der Waals surface area (Å²) in [4.78, 5) is 27.6. The number of nitrogens with zero attached hydrogens (tertiary/aromatic N) is 4. The highest BCUT2D eigenvalue weighted by molar-refractivity contribution is 5.75. The maximum Gasteiger partial charge on any atom is 0.261 e. The summed E-state index contributed by atoms with van der Waals surface area (Å²) in [6, 6.07) is 9.28. The number of ketones is 1. The average molecular weight is 294 g/mol.